The number of hydrogen-bond donors (Lipinski definition) is 1. The van der Waals surface area contributed by atoms with Crippen LogP contribution < -0.4 is 0 Å². The smallest absolute Gasteiger partial charge is 0.303 e. The van der Waals surface area contributed by atoms with Crippen LogP contribution in [0.25, 0.3) is 0 Å². The highest BCUT2D eigenvalue weighted by Gasteiger charge is 1.95. The number of ether oxygens (including phenoxy) is 1. The predicted molar refractivity (Wildman–Crippen MR) is 30.0 cm³/mol. The van der Waals surface area contributed by atoms with Crippen LogP contribution in [0.2, 0.25) is 0 Å². The molecule has 0 fully saturated rings. The van der Waals surface area contributed by atoms with Crippen LogP contribution >= 0.6 is 0 Å². The Hall–Kier alpha value is -1.37. The molecule has 0 bridgehead atoms. The Labute approximate surface area is 52.6 Å². The molecule has 1 N–H and O–H groups in total. The highest BCUT2D eigenvalue weighted by molar-refractivity contribution is 5.97. The molecule has 0 spiro atoms. The molecule has 0 saturated heterocycles. The molecule has 9 heavy (non-hydrogen) atoms. The van der Waals surface area contributed by atoms with E-state index in [4.69, 9.17) is 10.7 Å². The molecular weight excluding hydrogens is 120 g/mol. The standard InChI is InChI=1S/C5H6N2O2/c1-4(8)9-3-5(7)2-6/h7H,3H2,1H3. The zero-order valence-electron chi connectivity index (χ0n) is 4.97. The fourth-order valence-corrected chi connectivity index (χ4v) is 0.206. The van der Waals surface area contributed by atoms with Crippen molar-refractivity contribution in [3.63, 3.8) is 0 Å². The number of rotatable bonds is 2. The second kappa shape index (κ2) is 3.61. The van der Waals surface area contributed by atoms with Gasteiger partial charge in [-0.15, -0.1) is 0 Å². The summed E-state index contributed by atoms with van der Waals surface area (Å²) in [5.41, 5.74) is -0.245. The minimum absolute atomic E-state index is 0.216. The molecule has 0 heterocycles. The molecule has 0 unspecified atom stereocenters. The summed E-state index contributed by atoms with van der Waals surface area (Å²) >= 11 is 0. The van der Waals surface area contributed by atoms with Crippen LogP contribution in [-0.2, 0) is 9.53 Å². The summed E-state index contributed by atoms with van der Waals surface area (Å²) in [6, 6.07) is 1.53. The van der Waals surface area contributed by atoms with E-state index in [-0.39, 0.29) is 12.3 Å². The third-order valence-corrected chi connectivity index (χ3v) is 0.555. The fraction of sp³-hybridized carbons (Fsp3) is 0.400. The zero-order valence-corrected chi connectivity index (χ0v) is 4.97. The first-order chi connectivity index (χ1) is 4.16. The fourth-order valence-electron chi connectivity index (χ4n) is 0.206. The molecule has 0 aliphatic carbocycles. The number of carbonyl (C=O) groups is 1. The van der Waals surface area contributed by atoms with E-state index in [0.29, 0.717) is 0 Å². The number of nitrogens with zero attached hydrogens (tertiary/aromatic N) is 1. The van der Waals surface area contributed by atoms with E-state index in [1.165, 1.54) is 13.0 Å². The average molecular weight is 126 g/mol. The Kier molecular flexibility index (Phi) is 3.06. The zero-order chi connectivity index (χ0) is 7.28. The van der Waals surface area contributed by atoms with Crippen LogP contribution in [0.1, 0.15) is 6.92 Å². The van der Waals surface area contributed by atoms with Gasteiger partial charge in [-0.25, -0.2) is 0 Å². The summed E-state index contributed by atoms with van der Waals surface area (Å²) in [5.74, 6) is -0.477. The molecule has 4 nitrogen and oxygen atoms in total. The quantitative estimate of drug-likeness (QED) is 0.421. The highest BCUT2D eigenvalue weighted by atomic mass is 16.5. The van der Waals surface area contributed by atoms with Crippen LogP contribution in [0, 0.1) is 16.7 Å². The van der Waals surface area contributed by atoms with Gasteiger partial charge in [0.1, 0.15) is 18.4 Å². The lowest BCUT2D eigenvalue weighted by atomic mass is 10.4. The van der Waals surface area contributed by atoms with E-state index in [2.05, 4.69) is 4.74 Å². The first-order valence-electron chi connectivity index (χ1n) is 2.27. The topological polar surface area (TPSA) is 73.9 Å². The van der Waals surface area contributed by atoms with Crippen molar-refractivity contribution in [1.29, 1.82) is 10.7 Å². The molecule has 0 aliphatic heterocycles. The van der Waals surface area contributed by atoms with Gasteiger partial charge in [0.25, 0.3) is 0 Å². The van der Waals surface area contributed by atoms with Gasteiger partial charge in [0, 0.05) is 6.92 Å². The third-order valence-electron chi connectivity index (χ3n) is 0.555. The highest BCUT2D eigenvalue weighted by Crippen LogP contribution is 1.76. The Bertz CT molecular complexity index is 168. The second-order valence-electron chi connectivity index (χ2n) is 1.37. The summed E-state index contributed by atoms with van der Waals surface area (Å²) in [7, 11) is 0. The van der Waals surface area contributed by atoms with Gasteiger partial charge < -0.3 is 4.74 Å². The first kappa shape index (κ1) is 7.63. The van der Waals surface area contributed by atoms with Gasteiger partial charge in [-0.2, -0.15) is 5.26 Å². The van der Waals surface area contributed by atoms with Crippen molar-refractivity contribution in [1.82, 2.24) is 0 Å². The molecule has 0 aromatic carbocycles. The van der Waals surface area contributed by atoms with Gasteiger partial charge in [-0.3, -0.25) is 10.2 Å². The van der Waals surface area contributed by atoms with Crippen molar-refractivity contribution in [2.24, 2.45) is 0 Å². The normalized spacial score (nSPS) is 7.56. The molecule has 0 aromatic heterocycles. The lowest BCUT2D eigenvalue weighted by molar-refractivity contribution is -0.139. The number of hydrogen-bond acceptors (Lipinski definition) is 4. The average Bonchev–Trinajstić information content (AvgIpc) is 1.83. The van der Waals surface area contributed by atoms with Gasteiger partial charge >= 0.3 is 5.97 Å². The van der Waals surface area contributed by atoms with E-state index >= 15 is 0 Å². The number of carbonyl (C=O) groups excluding carboxylic acids is 1. The Morgan fingerprint density at radius 3 is 2.78 bits per heavy atom. The molecule has 0 amide bonds. The minimum atomic E-state index is -0.477. The molecule has 48 valence electrons. The van der Waals surface area contributed by atoms with Crippen LogP contribution in [0.15, 0.2) is 0 Å². The molecule has 4 heteroatoms. The molecule has 0 saturated carbocycles. The predicted octanol–water partition coefficient (Wildman–Crippen LogP) is 0.0929. The van der Waals surface area contributed by atoms with Crippen LogP contribution in [0.4, 0.5) is 0 Å². The van der Waals surface area contributed by atoms with Gasteiger partial charge in [-0.1, -0.05) is 0 Å². The molecule has 0 aliphatic rings. The maximum Gasteiger partial charge on any atom is 0.303 e. The molecule has 0 aromatic rings. The lowest BCUT2D eigenvalue weighted by Crippen LogP contribution is -2.08. The van der Waals surface area contributed by atoms with Gasteiger partial charge in [0.2, 0.25) is 0 Å². The Balaban J connectivity index is 3.43. The summed E-state index contributed by atoms with van der Waals surface area (Å²) in [6.45, 7) is 1.01. The van der Waals surface area contributed by atoms with Crippen molar-refractivity contribution in [3.05, 3.63) is 0 Å². The summed E-state index contributed by atoms with van der Waals surface area (Å²) in [5, 5.41) is 14.7. The second-order valence-corrected chi connectivity index (χ2v) is 1.37. The van der Waals surface area contributed by atoms with E-state index in [1.807, 2.05) is 0 Å². The van der Waals surface area contributed by atoms with Crippen molar-refractivity contribution in [2.45, 2.75) is 6.92 Å². The Morgan fingerprint density at radius 1 is 1.89 bits per heavy atom. The van der Waals surface area contributed by atoms with E-state index in [9.17, 15) is 4.79 Å². The minimum Gasteiger partial charge on any atom is -0.459 e. The SMILES string of the molecule is CC(=O)OCC(=N)C#N. The first-order valence-corrected chi connectivity index (χ1v) is 2.27. The molecule has 0 radical (unpaired) electrons. The van der Waals surface area contributed by atoms with E-state index in [0.717, 1.165) is 0 Å². The van der Waals surface area contributed by atoms with Gasteiger partial charge in [0.05, 0.1) is 0 Å². The summed E-state index contributed by atoms with van der Waals surface area (Å²) in [4.78, 5) is 10.0. The molecule has 0 atom stereocenters. The van der Waals surface area contributed by atoms with Crippen molar-refractivity contribution in [2.75, 3.05) is 6.61 Å². The molecular formula is C5H6N2O2. The summed E-state index contributed by atoms with van der Waals surface area (Å²) < 4.78 is 4.31. The van der Waals surface area contributed by atoms with Gasteiger partial charge in [0.15, 0.2) is 0 Å². The van der Waals surface area contributed by atoms with E-state index < -0.39 is 5.97 Å². The molecule has 0 rings (SSSR count). The third kappa shape index (κ3) is 4.48. The van der Waals surface area contributed by atoms with E-state index in [1.54, 1.807) is 0 Å². The summed E-state index contributed by atoms with van der Waals surface area (Å²) in [6.07, 6.45) is 0. The van der Waals surface area contributed by atoms with Crippen LogP contribution in [0.5, 0.6) is 0 Å². The lowest BCUT2D eigenvalue weighted by Gasteiger charge is -1.94. The maximum absolute atomic E-state index is 10.0. The largest absolute Gasteiger partial charge is 0.459 e. The Morgan fingerprint density at radius 2 is 2.44 bits per heavy atom. The van der Waals surface area contributed by atoms with Crippen LogP contribution in [-0.4, -0.2) is 18.3 Å². The number of nitriles is 1. The van der Waals surface area contributed by atoms with Crippen molar-refractivity contribution in [3.8, 4) is 6.07 Å². The monoisotopic (exact) mass is 126 g/mol. The number of esters is 1. The van der Waals surface area contributed by atoms with Gasteiger partial charge in [-0.05, 0) is 0 Å². The van der Waals surface area contributed by atoms with Crippen molar-refractivity contribution >= 4 is 11.7 Å². The van der Waals surface area contributed by atoms with Crippen LogP contribution in [0.3, 0.4) is 0 Å². The number of nitrogens with one attached hydrogen (secondary N) is 1. The van der Waals surface area contributed by atoms with Crippen molar-refractivity contribution < 1.29 is 9.53 Å². The maximum atomic E-state index is 10.0.